The van der Waals surface area contributed by atoms with Crippen molar-refractivity contribution >= 4 is 34.4 Å². The molecule has 5 rings (SSSR count). The third-order valence-corrected chi connectivity index (χ3v) is 6.68. The van der Waals surface area contributed by atoms with E-state index in [4.69, 9.17) is 25.5 Å². The maximum absolute atomic E-state index is 12.9. The summed E-state index contributed by atoms with van der Waals surface area (Å²) in [6, 6.07) is 28.2. The molecule has 8 heteroatoms. The highest BCUT2D eigenvalue weighted by Gasteiger charge is 2.23. The summed E-state index contributed by atoms with van der Waals surface area (Å²) >= 11 is 5.98. The van der Waals surface area contributed by atoms with E-state index in [1.165, 1.54) is 0 Å². The average Bonchev–Trinajstić information content (AvgIpc) is 3.41. The van der Waals surface area contributed by atoms with Gasteiger partial charge in [-0.2, -0.15) is 0 Å². The summed E-state index contributed by atoms with van der Waals surface area (Å²) in [5, 5.41) is 13.7. The normalized spacial score (nSPS) is 11.7. The Morgan fingerprint density at radius 2 is 1.62 bits per heavy atom. The summed E-state index contributed by atoms with van der Waals surface area (Å²) in [5.41, 5.74) is 4.08. The summed E-state index contributed by atoms with van der Waals surface area (Å²) in [7, 11) is 1.61. The molecular formula is C32H26ClNO6. The van der Waals surface area contributed by atoms with Gasteiger partial charge in [-0.25, -0.2) is 4.79 Å². The molecule has 0 spiro atoms. The topological polar surface area (TPSA) is 98.0 Å². The lowest BCUT2D eigenvalue weighted by atomic mass is 10.0. The van der Waals surface area contributed by atoms with E-state index in [0.717, 1.165) is 33.4 Å². The fourth-order valence-corrected chi connectivity index (χ4v) is 4.41. The number of furan rings is 1. The molecular weight excluding hydrogens is 530 g/mol. The van der Waals surface area contributed by atoms with E-state index in [-0.39, 0.29) is 12.2 Å². The molecule has 1 heterocycles. The Kier molecular flexibility index (Phi) is 8.03. The van der Waals surface area contributed by atoms with Crippen molar-refractivity contribution in [2.75, 3.05) is 7.11 Å². The predicted octanol–water partition coefficient (Wildman–Crippen LogP) is 6.77. The van der Waals surface area contributed by atoms with Gasteiger partial charge in [0.1, 0.15) is 29.7 Å². The molecule has 202 valence electrons. The second kappa shape index (κ2) is 12.0. The van der Waals surface area contributed by atoms with E-state index >= 15 is 0 Å². The van der Waals surface area contributed by atoms with Crippen molar-refractivity contribution in [3.63, 3.8) is 0 Å². The van der Waals surface area contributed by atoms with Gasteiger partial charge in [-0.3, -0.25) is 4.79 Å². The quantitative estimate of drug-likeness (QED) is 0.197. The fourth-order valence-electron chi connectivity index (χ4n) is 4.28. The lowest BCUT2D eigenvalue weighted by Gasteiger charge is -2.14. The molecule has 0 saturated carbocycles. The molecule has 0 radical (unpaired) electrons. The summed E-state index contributed by atoms with van der Waals surface area (Å²) < 4.78 is 16.8. The first kappa shape index (κ1) is 26.8. The smallest absolute Gasteiger partial charge is 0.326 e. The Morgan fingerprint density at radius 3 is 2.35 bits per heavy atom. The van der Waals surface area contributed by atoms with Crippen molar-refractivity contribution in [3.8, 4) is 22.6 Å². The Bertz CT molecular complexity index is 1640. The van der Waals surface area contributed by atoms with Gasteiger partial charge in [0.25, 0.3) is 5.91 Å². The predicted molar refractivity (Wildman–Crippen MR) is 153 cm³/mol. The average molecular weight is 556 g/mol. The Labute approximate surface area is 235 Å². The number of fused-ring (bicyclic) bond motifs is 1. The zero-order chi connectivity index (χ0) is 28.1. The van der Waals surface area contributed by atoms with Crippen LogP contribution in [0.2, 0.25) is 5.02 Å². The number of carbonyl (C=O) groups is 2. The maximum Gasteiger partial charge on any atom is 0.326 e. The van der Waals surface area contributed by atoms with E-state index in [2.05, 4.69) is 5.32 Å². The van der Waals surface area contributed by atoms with E-state index in [9.17, 15) is 14.7 Å². The molecule has 5 aromatic rings. The van der Waals surface area contributed by atoms with Crippen LogP contribution in [0.15, 0.2) is 101 Å². The summed E-state index contributed by atoms with van der Waals surface area (Å²) in [6.45, 7) is 0.364. The number of halogens is 1. The number of hydrogen-bond donors (Lipinski definition) is 2. The van der Waals surface area contributed by atoms with E-state index < -0.39 is 17.9 Å². The molecule has 0 aliphatic carbocycles. The monoisotopic (exact) mass is 555 g/mol. The molecule has 0 saturated heterocycles. The van der Waals surface area contributed by atoms with Crippen LogP contribution < -0.4 is 14.8 Å². The van der Waals surface area contributed by atoms with Gasteiger partial charge >= 0.3 is 5.97 Å². The minimum atomic E-state index is -1.15. The van der Waals surface area contributed by atoms with Gasteiger partial charge in [-0.15, -0.1) is 0 Å². The number of ether oxygens (including phenoxy) is 2. The fraction of sp³-hybridized carbons (Fsp3) is 0.125. The number of rotatable bonds is 10. The minimum Gasteiger partial charge on any atom is -0.497 e. The molecule has 0 aliphatic rings. The third kappa shape index (κ3) is 6.45. The van der Waals surface area contributed by atoms with Crippen molar-refractivity contribution in [3.05, 3.63) is 119 Å². The Balaban J connectivity index is 1.22. The molecule has 2 N–H and O–H groups in total. The number of carboxylic acid groups (broad SMARTS) is 1. The van der Waals surface area contributed by atoms with Crippen LogP contribution in [0.3, 0.4) is 0 Å². The minimum absolute atomic E-state index is 0.0378. The van der Waals surface area contributed by atoms with E-state index in [0.29, 0.717) is 23.0 Å². The van der Waals surface area contributed by atoms with Gasteiger partial charge in [0.05, 0.1) is 7.11 Å². The highest BCUT2D eigenvalue weighted by Crippen LogP contribution is 2.28. The molecule has 7 nitrogen and oxygen atoms in total. The molecule has 1 amide bonds. The number of methoxy groups -OCH3 is 1. The maximum atomic E-state index is 12.9. The zero-order valence-electron chi connectivity index (χ0n) is 21.6. The number of amides is 1. The highest BCUT2D eigenvalue weighted by atomic mass is 35.5. The first-order chi connectivity index (χ1) is 19.4. The molecule has 4 aromatic carbocycles. The zero-order valence-corrected chi connectivity index (χ0v) is 22.4. The van der Waals surface area contributed by atoms with Crippen molar-refractivity contribution in [2.45, 2.75) is 19.1 Å². The van der Waals surface area contributed by atoms with E-state index in [1.54, 1.807) is 49.6 Å². The van der Waals surface area contributed by atoms with Crippen molar-refractivity contribution in [1.82, 2.24) is 5.32 Å². The number of nitrogens with one attached hydrogen (secondary N) is 1. The molecule has 1 unspecified atom stereocenters. The first-order valence-electron chi connectivity index (χ1n) is 12.6. The first-order valence-corrected chi connectivity index (χ1v) is 12.9. The molecule has 0 bridgehead atoms. The van der Waals surface area contributed by atoms with Crippen LogP contribution in [-0.2, 0) is 17.8 Å². The lowest BCUT2D eigenvalue weighted by Crippen LogP contribution is -2.42. The lowest BCUT2D eigenvalue weighted by molar-refractivity contribution is -0.139. The van der Waals surface area contributed by atoms with E-state index in [1.807, 2.05) is 54.6 Å². The summed E-state index contributed by atoms with van der Waals surface area (Å²) in [6.07, 6.45) is 0.0954. The van der Waals surface area contributed by atoms with Crippen LogP contribution in [0.5, 0.6) is 11.5 Å². The van der Waals surface area contributed by atoms with Crippen molar-refractivity contribution in [1.29, 1.82) is 0 Å². The number of aliphatic carboxylic acids is 1. The second-order valence-electron chi connectivity index (χ2n) is 9.22. The van der Waals surface area contributed by atoms with Gasteiger partial charge in [-0.1, -0.05) is 60.1 Å². The SMILES string of the molecule is COc1cccc(COc2ccc(CC(NC(=O)c3cc4ccc(-c5ccc(Cl)cc5)cc4o3)C(=O)O)cc2)c1. The van der Waals surface area contributed by atoms with Gasteiger partial charge in [0, 0.05) is 16.8 Å². The van der Waals surface area contributed by atoms with Gasteiger partial charge in [0.2, 0.25) is 0 Å². The Hall–Kier alpha value is -4.75. The van der Waals surface area contributed by atoms with Crippen molar-refractivity contribution < 1.29 is 28.6 Å². The molecule has 1 atom stereocenters. The van der Waals surface area contributed by atoms with Gasteiger partial charge < -0.3 is 24.3 Å². The molecule has 40 heavy (non-hydrogen) atoms. The van der Waals surface area contributed by atoms with Crippen LogP contribution in [0.1, 0.15) is 21.7 Å². The van der Waals surface area contributed by atoms with Crippen LogP contribution in [0.25, 0.3) is 22.1 Å². The van der Waals surface area contributed by atoms with Crippen LogP contribution in [0.4, 0.5) is 0 Å². The van der Waals surface area contributed by atoms with Crippen molar-refractivity contribution in [2.24, 2.45) is 0 Å². The highest BCUT2D eigenvalue weighted by molar-refractivity contribution is 6.30. The second-order valence-corrected chi connectivity index (χ2v) is 9.66. The third-order valence-electron chi connectivity index (χ3n) is 6.43. The number of benzene rings is 4. The molecule has 1 aromatic heterocycles. The molecule has 0 fully saturated rings. The van der Waals surface area contributed by atoms with Gasteiger partial charge in [-0.05, 0) is 70.8 Å². The number of carboxylic acids is 1. The van der Waals surface area contributed by atoms with Crippen LogP contribution in [-0.4, -0.2) is 30.1 Å². The standard InChI is InChI=1S/C32H26ClNO6/c1-38-27-4-2-3-21(15-27)19-39-26-13-5-20(6-14-26)16-28(32(36)37)34-31(35)30-18-24-8-7-23(17-29(24)40-30)22-9-11-25(33)12-10-22/h2-15,17-18,28H,16,19H2,1H3,(H,34,35)(H,36,37). The van der Waals surface area contributed by atoms with Crippen LogP contribution in [0, 0.1) is 0 Å². The largest absolute Gasteiger partial charge is 0.497 e. The number of hydrogen-bond acceptors (Lipinski definition) is 5. The Morgan fingerprint density at radius 1 is 0.875 bits per heavy atom. The summed E-state index contributed by atoms with van der Waals surface area (Å²) in [5.74, 6) is -0.315. The van der Waals surface area contributed by atoms with Gasteiger partial charge in [0.15, 0.2) is 5.76 Å². The number of carbonyl (C=O) groups excluding carboxylic acids is 1. The molecule has 0 aliphatic heterocycles. The summed E-state index contributed by atoms with van der Waals surface area (Å²) in [4.78, 5) is 24.9. The van der Waals surface area contributed by atoms with Crippen LogP contribution >= 0.6 is 11.6 Å².